The van der Waals surface area contributed by atoms with Gasteiger partial charge in [-0.2, -0.15) is 0 Å². The van der Waals surface area contributed by atoms with Gasteiger partial charge in [-0.15, -0.1) is 20.4 Å². The van der Waals surface area contributed by atoms with E-state index in [1.54, 1.807) is 11.8 Å². The topological polar surface area (TPSA) is 69.0 Å². The molecule has 2 aliphatic rings. The fourth-order valence-corrected chi connectivity index (χ4v) is 4.49. The Bertz CT molecular complexity index is 662. The minimum Gasteiger partial charge on any atom is -0.469 e. The van der Waals surface area contributed by atoms with Crippen molar-refractivity contribution in [3.8, 4) is 5.19 Å². The molecule has 2 aromatic rings. The van der Waals surface area contributed by atoms with Gasteiger partial charge in [0.1, 0.15) is 5.01 Å². The molecule has 0 N–H and O–H groups in total. The Morgan fingerprint density at radius 1 is 1.17 bits per heavy atom. The van der Waals surface area contributed by atoms with Crippen LogP contribution >= 0.6 is 23.1 Å². The van der Waals surface area contributed by atoms with Gasteiger partial charge in [0.15, 0.2) is 5.16 Å². The van der Waals surface area contributed by atoms with Gasteiger partial charge in [-0.1, -0.05) is 23.1 Å². The van der Waals surface area contributed by atoms with Crippen molar-refractivity contribution >= 4 is 29.0 Å². The molecule has 1 aliphatic carbocycles. The van der Waals surface area contributed by atoms with E-state index in [1.807, 2.05) is 6.92 Å². The molecule has 2 fully saturated rings. The fraction of sp³-hybridized carbons (Fsp3) is 0.714. The third kappa shape index (κ3) is 3.30. The first-order chi connectivity index (χ1) is 11.3. The molecule has 9 heteroatoms. The van der Waals surface area contributed by atoms with Gasteiger partial charge in [-0.3, -0.25) is 4.57 Å². The van der Waals surface area contributed by atoms with Gasteiger partial charge in [0.05, 0.1) is 12.4 Å². The minimum absolute atomic E-state index is 0.580. The van der Waals surface area contributed by atoms with Crippen LogP contribution in [0.3, 0.4) is 0 Å². The molecule has 1 aliphatic heterocycles. The van der Waals surface area contributed by atoms with Crippen LogP contribution in [-0.4, -0.2) is 44.7 Å². The lowest BCUT2D eigenvalue weighted by molar-refractivity contribution is 0.335. The third-order valence-electron chi connectivity index (χ3n) is 3.99. The van der Waals surface area contributed by atoms with Crippen LogP contribution in [0.4, 0.5) is 5.95 Å². The number of ether oxygens (including phenoxy) is 1. The summed E-state index contributed by atoms with van der Waals surface area (Å²) in [5.41, 5.74) is 0. The van der Waals surface area contributed by atoms with Gasteiger partial charge in [0.25, 0.3) is 5.19 Å². The standard InChI is InChI=1S/C14H20N6OS2/c1-2-21-14-18-15-11(23-14)9-22-13-17-16-12(19-7-3-4-8-19)20(13)10-5-6-10/h10H,2-9H2,1H3. The SMILES string of the molecule is CCOc1nnc(CSc2nnc(N3CCCC3)n2C2CC2)s1. The summed E-state index contributed by atoms with van der Waals surface area (Å²) in [5.74, 6) is 1.81. The molecule has 4 rings (SSSR count). The molecule has 0 aromatic carbocycles. The van der Waals surface area contributed by atoms with E-state index in [2.05, 4.69) is 29.9 Å². The van der Waals surface area contributed by atoms with Crippen molar-refractivity contribution in [2.75, 3.05) is 24.6 Å². The van der Waals surface area contributed by atoms with Gasteiger partial charge >= 0.3 is 0 Å². The zero-order valence-corrected chi connectivity index (χ0v) is 14.8. The fourth-order valence-electron chi connectivity index (χ4n) is 2.76. The molecule has 0 bridgehead atoms. The van der Waals surface area contributed by atoms with Gasteiger partial charge in [0.2, 0.25) is 5.95 Å². The predicted molar refractivity (Wildman–Crippen MR) is 90.4 cm³/mol. The molecule has 0 amide bonds. The van der Waals surface area contributed by atoms with E-state index in [4.69, 9.17) is 4.74 Å². The van der Waals surface area contributed by atoms with E-state index in [9.17, 15) is 0 Å². The van der Waals surface area contributed by atoms with Crippen LogP contribution < -0.4 is 9.64 Å². The largest absolute Gasteiger partial charge is 0.469 e. The van der Waals surface area contributed by atoms with E-state index in [0.29, 0.717) is 17.8 Å². The van der Waals surface area contributed by atoms with Crippen molar-refractivity contribution < 1.29 is 4.74 Å². The molecule has 7 nitrogen and oxygen atoms in total. The lowest BCUT2D eigenvalue weighted by Gasteiger charge is -2.17. The normalized spacial score (nSPS) is 17.9. The highest BCUT2D eigenvalue weighted by Gasteiger charge is 2.32. The summed E-state index contributed by atoms with van der Waals surface area (Å²) in [4.78, 5) is 2.37. The summed E-state index contributed by atoms with van der Waals surface area (Å²) in [6.07, 6.45) is 4.98. The van der Waals surface area contributed by atoms with Crippen LogP contribution in [0.5, 0.6) is 5.19 Å². The Labute approximate surface area is 143 Å². The molecule has 124 valence electrons. The molecule has 2 aromatic heterocycles. The van der Waals surface area contributed by atoms with Crippen molar-refractivity contribution in [3.63, 3.8) is 0 Å². The lowest BCUT2D eigenvalue weighted by atomic mass is 10.4. The van der Waals surface area contributed by atoms with Crippen molar-refractivity contribution in [3.05, 3.63) is 5.01 Å². The maximum atomic E-state index is 5.38. The molecular formula is C14H20N6OS2. The molecule has 1 saturated heterocycles. The van der Waals surface area contributed by atoms with Crippen LogP contribution in [0, 0.1) is 0 Å². The molecule has 0 spiro atoms. The van der Waals surface area contributed by atoms with Crippen LogP contribution in [0.15, 0.2) is 5.16 Å². The Balaban J connectivity index is 1.47. The van der Waals surface area contributed by atoms with E-state index in [0.717, 1.165) is 35.0 Å². The van der Waals surface area contributed by atoms with Crippen molar-refractivity contribution in [2.24, 2.45) is 0 Å². The van der Waals surface area contributed by atoms with Crippen molar-refractivity contribution in [1.82, 2.24) is 25.0 Å². The molecule has 23 heavy (non-hydrogen) atoms. The van der Waals surface area contributed by atoms with Gasteiger partial charge in [-0.05, 0) is 32.6 Å². The first-order valence-corrected chi connectivity index (χ1v) is 9.93. The summed E-state index contributed by atoms with van der Waals surface area (Å²) < 4.78 is 7.71. The zero-order chi connectivity index (χ0) is 15.6. The molecule has 0 atom stereocenters. The van der Waals surface area contributed by atoms with Gasteiger partial charge in [-0.25, -0.2) is 0 Å². The zero-order valence-electron chi connectivity index (χ0n) is 13.1. The lowest BCUT2D eigenvalue weighted by Crippen LogP contribution is -2.22. The second-order valence-corrected chi connectivity index (χ2v) is 7.73. The first-order valence-electron chi connectivity index (χ1n) is 8.13. The molecule has 0 radical (unpaired) electrons. The van der Waals surface area contributed by atoms with Crippen molar-refractivity contribution in [1.29, 1.82) is 0 Å². The van der Waals surface area contributed by atoms with Crippen LogP contribution in [0.2, 0.25) is 0 Å². The number of anilines is 1. The van der Waals surface area contributed by atoms with E-state index >= 15 is 0 Å². The average Bonchev–Trinajstić information content (AvgIpc) is 2.97. The highest BCUT2D eigenvalue weighted by Crippen LogP contribution is 2.42. The number of hydrogen-bond acceptors (Lipinski definition) is 8. The summed E-state index contributed by atoms with van der Waals surface area (Å²) >= 11 is 3.20. The number of rotatable bonds is 7. The van der Waals surface area contributed by atoms with E-state index in [-0.39, 0.29) is 0 Å². The highest BCUT2D eigenvalue weighted by molar-refractivity contribution is 7.98. The first kappa shape index (κ1) is 15.2. The number of thioether (sulfide) groups is 1. The summed E-state index contributed by atoms with van der Waals surface area (Å²) in [6.45, 7) is 4.78. The smallest absolute Gasteiger partial charge is 0.294 e. The quantitative estimate of drug-likeness (QED) is 0.710. The van der Waals surface area contributed by atoms with Crippen molar-refractivity contribution in [2.45, 2.75) is 49.6 Å². The molecule has 0 unspecified atom stereocenters. The average molecular weight is 352 g/mol. The van der Waals surface area contributed by atoms with Crippen LogP contribution in [0.1, 0.15) is 43.7 Å². The van der Waals surface area contributed by atoms with E-state index < -0.39 is 0 Å². The maximum Gasteiger partial charge on any atom is 0.294 e. The summed E-state index contributed by atoms with van der Waals surface area (Å²) in [7, 11) is 0. The van der Waals surface area contributed by atoms with Gasteiger partial charge < -0.3 is 9.64 Å². The van der Waals surface area contributed by atoms with Crippen LogP contribution in [0.25, 0.3) is 0 Å². The number of aromatic nitrogens is 5. The molecule has 1 saturated carbocycles. The van der Waals surface area contributed by atoms with Gasteiger partial charge in [0, 0.05) is 19.1 Å². The second kappa shape index (κ2) is 6.64. The Morgan fingerprint density at radius 2 is 2.00 bits per heavy atom. The Hall–Kier alpha value is -1.35. The van der Waals surface area contributed by atoms with E-state index in [1.165, 1.54) is 37.0 Å². The highest BCUT2D eigenvalue weighted by atomic mass is 32.2. The van der Waals surface area contributed by atoms with Crippen LogP contribution in [-0.2, 0) is 5.75 Å². The predicted octanol–water partition coefficient (Wildman–Crippen LogP) is 2.76. The molecular weight excluding hydrogens is 332 g/mol. The third-order valence-corrected chi connectivity index (χ3v) is 5.96. The monoisotopic (exact) mass is 352 g/mol. The number of hydrogen-bond donors (Lipinski definition) is 0. The summed E-state index contributed by atoms with van der Waals surface area (Å²) in [5, 5.41) is 19.7. The summed E-state index contributed by atoms with van der Waals surface area (Å²) in [6, 6.07) is 0.580. The Morgan fingerprint density at radius 3 is 2.74 bits per heavy atom. The second-order valence-electron chi connectivity index (χ2n) is 5.76. The Kier molecular flexibility index (Phi) is 4.39. The minimum atomic E-state index is 0.580. The number of nitrogens with zero attached hydrogens (tertiary/aromatic N) is 6. The maximum absolute atomic E-state index is 5.38. The molecule has 3 heterocycles.